The maximum atomic E-state index is 10.8. The first-order valence-electron chi connectivity index (χ1n) is 3.72. The van der Waals surface area contributed by atoms with Crippen molar-refractivity contribution in [3.05, 3.63) is 0 Å². The third kappa shape index (κ3) is 4.79. The molecule has 66 valence electrons. The number of methoxy groups -OCH3 is 1. The smallest absolute Gasteiger partial charge is 0.306 e. The Hall–Kier alpha value is -0.570. The number of hydrogen-bond donors (Lipinski definition) is 0. The van der Waals surface area contributed by atoms with Crippen molar-refractivity contribution in [3.8, 4) is 0 Å². The van der Waals surface area contributed by atoms with Crippen molar-refractivity contribution in [2.24, 2.45) is 0 Å². The molecule has 0 fully saturated rings. The minimum absolute atomic E-state index is 0.188. The summed E-state index contributed by atoms with van der Waals surface area (Å²) in [6, 6.07) is 0. The van der Waals surface area contributed by atoms with Gasteiger partial charge in [-0.25, -0.2) is 0 Å². The maximum Gasteiger partial charge on any atom is 0.306 e. The molecule has 0 unspecified atom stereocenters. The molecule has 0 bridgehead atoms. The summed E-state index contributed by atoms with van der Waals surface area (Å²) in [5.41, 5.74) is -0.498. The van der Waals surface area contributed by atoms with Crippen LogP contribution in [-0.2, 0) is 14.3 Å². The van der Waals surface area contributed by atoms with Crippen molar-refractivity contribution in [2.75, 3.05) is 13.7 Å². The third-order valence-electron chi connectivity index (χ3n) is 1.17. The Morgan fingerprint density at radius 2 is 2.00 bits per heavy atom. The van der Waals surface area contributed by atoms with Crippen molar-refractivity contribution < 1.29 is 14.3 Å². The standard InChI is InChI=1S/C8H16O3/c1-5-7(9)11-8(2,3)6-10-4/h5-6H2,1-4H3. The fraction of sp³-hybridized carbons (Fsp3) is 0.875. The first kappa shape index (κ1) is 10.4. The summed E-state index contributed by atoms with van der Waals surface area (Å²) >= 11 is 0. The average Bonchev–Trinajstić information content (AvgIpc) is 1.86. The zero-order valence-corrected chi connectivity index (χ0v) is 7.64. The highest BCUT2D eigenvalue weighted by Gasteiger charge is 2.21. The zero-order chi connectivity index (χ0) is 8.91. The lowest BCUT2D eigenvalue weighted by molar-refractivity contribution is -0.160. The summed E-state index contributed by atoms with van der Waals surface area (Å²) < 4.78 is 9.94. The molecule has 0 rings (SSSR count). The Balaban J connectivity index is 3.80. The predicted molar refractivity (Wildman–Crippen MR) is 42.3 cm³/mol. The second-order valence-corrected chi connectivity index (χ2v) is 3.02. The molecule has 0 atom stereocenters. The maximum absolute atomic E-state index is 10.8. The van der Waals surface area contributed by atoms with Crippen LogP contribution in [0.1, 0.15) is 27.2 Å². The van der Waals surface area contributed by atoms with Crippen LogP contribution in [-0.4, -0.2) is 25.3 Å². The summed E-state index contributed by atoms with van der Waals surface area (Å²) in [4.78, 5) is 10.8. The summed E-state index contributed by atoms with van der Waals surface area (Å²) in [5, 5.41) is 0. The van der Waals surface area contributed by atoms with E-state index in [9.17, 15) is 4.79 Å². The number of rotatable bonds is 4. The molecular formula is C8H16O3. The predicted octanol–water partition coefficient (Wildman–Crippen LogP) is 1.36. The van der Waals surface area contributed by atoms with Gasteiger partial charge >= 0.3 is 5.97 Å². The van der Waals surface area contributed by atoms with Gasteiger partial charge in [0.2, 0.25) is 0 Å². The van der Waals surface area contributed by atoms with Crippen LogP contribution in [0, 0.1) is 0 Å². The van der Waals surface area contributed by atoms with Crippen LogP contribution in [0.2, 0.25) is 0 Å². The van der Waals surface area contributed by atoms with E-state index in [4.69, 9.17) is 9.47 Å². The van der Waals surface area contributed by atoms with Crippen molar-refractivity contribution in [2.45, 2.75) is 32.8 Å². The fourth-order valence-electron chi connectivity index (χ4n) is 0.757. The molecule has 0 aliphatic carbocycles. The molecule has 3 heteroatoms. The first-order chi connectivity index (χ1) is 5.02. The van der Waals surface area contributed by atoms with Gasteiger partial charge in [0, 0.05) is 13.5 Å². The number of carbonyl (C=O) groups excluding carboxylic acids is 1. The van der Waals surface area contributed by atoms with Gasteiger partial charge in [-0.1, -0.05) is 6.92 Å². The summed E-state index contributed by atoms with van der Waals surface area (Å²) in [5.74, 6) is -0.188. The van der Waals surface area contributed by atoms with Gasteiger partial charge < -0.3 is 9.47 Å². The van der Waals surface area contributed by atoms with Crippen molar-refractivity contribution in [1.82, 2.24) is 0 Å². The number of carbonyl (C=O) groups is 1. The highest BCUT2D eigenvalue weighted by atomic mass is 16.6. The molecule has 0 amide bonds. The molecule has 0 saturated carbocycles. The van der Waals surface area contributed by atoms with Gasteiger partial charge in [-0.15, -0.1) is 0 Å². The van der Waals surface area contributed by atoms with Gasteiger partial charge in [0.05, 0.1) is 6.61 Å². The number of ether oxygens (including phenoxy) is 2. The lowest BCUT2D eigenvalue weighted by atomic mass is 10.1. The fourth-order valence-corrected chi connectivity index (χ4v) is 0.757. The molecule has 0 heterocycles. The van der Waals surface area contributed by atoms with Crippen molar-refractivity contribution in [1.29, 1.82) is 0 Å². The van der Waals surface area contributed by atoms with E-state index in [1.807, 2.05) is 13.8 Å². The van der Waals surface area contributed by atoms with Gasteiger partial charge in [0.1, 0.15) is 5.60 Å². The minimum atomic E-state index is -0.498. The topological polar surface area (TPSA) is 35.5 Å². The molecule has 0 aromatic rings. The first-order valence-corrected chi connectivity index (χ1v) is 3.72. The number of hydrogen-bond acceptors (Lipinski definition) is 3. The van der Waals surface area contributed by atoms with Crippen LogP contribution in [0.15, 0.2) is 0 Å². The Morgan fingerprint density at radius 3 is 2.36 bits per heavy atom. The molecule has 0 N–H and O–H groups in total. The molecule has 0 aromatic carbocycles. The van der Waals surface area contributed by atoms with Gasteiger partial charge in [0.25, 0.3) is 0 Å². The van der Waals surface area contributed by atoms with Gasteiger partial charge in [-0.05, 0) is 13.8 Å². The van der Waals surface area contributed by atoms with E-state index in [1.165, 1.54) is 0 Å². The van der Waals surface area contributed by atoms with E-state index in [2.05, 4.69) is 0 Å². The van der Waals surface area contributed by atoms with Crippen LogP contribution in [0.3, 0.4) is 0 Å². The lowest BCUT2D eigenvalue weighted by Crippen LogP contribution is -2.32. The van der Waals surface area contributed by atoms with Crippen LogP contribution in [0.5, 0.6) is 0 Å². The lowest BCUT2D eigenvalue weighted by Gasteiger charge is -2.23. The quantitative estimate of drug-likeness (QED) is 0.582. The van der Waals surface area contributed by atoms with E-state index < -0.39 is 5.60 Å². The average molecular weight is 160 g/mol. The molecule has 0 saturated heterocycles. The molecular weight excluding hydrogens is 144 g/mol. The highest BCUT2D eigenvalue weighted by molar-refractivity contribution is 5.69. The Bertz CT molecular complexity index is 129. The van der Waals surface area contributed by atoms with E-state index in [0.29, 0.717) is 13.0 Å². The molecule has 3 nitrogen and oxygen atoms in total. The van der Waals surface area contributed by atoms with E-state index in [-0.39, 0.29) is 5.97 Å². The van der Waals surface area contributed by atoms with Crippen LogP contribution < -0.4 is 0 Å². The van der Waals surface area contributed by atoms with Gasteiger partial charge in [-0.3, -0.25) is 4.79 Å². The van der Waals surface area contributed by atoms with E-state index >= 15 is 0 Å². The van der Waals surface area contributed by atoms with Crippen molar-refractivity contribution >= 4 is 5.97 Å². The largest absolute Gasteiger partial charge is 0.457 e. The summed E-state index contributed by atoms with van der Waals surface area (Å²) in [6.45, 7) is 5.85. The van der Waals surface area contributed by atoms with Gasteiger partial charge in [0.15, 0.2) is 0 Å². The molecule has 0 aromatic heterocycles. The summed E-state index contributed by atoms with van der Waals surface area (Å²) in [7, 11) is 1.58. The minimum Gasteiger partial charge on any atom is -0.457 e. The molecule has 0 aliphatic heterocycles. The third-order valence-corrected chi connectivity index (χ3v) is 1.17. The Kier molecular flexibility index (Phi) is 4.11. The Labute approximate surface area is 67.7 Å². The number of esters is 1. The van der Waals surface area contributed by atoms with E-state index in [1.54, 1.807) is 14.0 Å². The van der Waals surface area contributed by atoms with Crippen LogP contribution >= 0.6 is 0 Å². The highest BCUT2D eigenvalue weighted by Crippen LogP contribution is 2.09. The zero-order valence-electron chi connectivity index (χ0n) is 7.64. The van der Waals surface area contributed by atoms with Crippen LogP contribution in [0.4, 0.5) is 0 Å². The Morgan fingerprint density at radius 1 is 1.45 bits per heavy atom. The normalized spacial score (nSPS) is 11.3. The molecule has 11 heavy (non-hydrogen) atoms. The molecule has 0 aliphatic rings. The molecule has 0 spiro atoms. The second kappa shape index (κ2) is 4.34. The summed E-state index contributed by atoms with van der Waals surface area (Å²) in [6.07, 6.45) is 0.410. The van der Waals surface area contributed by atoms with E-state index in [0.717, 1.165) is 0 Å². The SMILES string of the molecule is CCC(=O)OC(C)(C)COC. The second-order valence-electron chi connectivity index (χ2n) is 3.02. The van der Waals surface area contributed by atoms with Gasteiger partial charge in [-0.2, -0.15) is 0 Å². The molecule has 0 radical (unpaired) electrons. The monoisotopic (exact) mass is 160 g/mol. The van der Waals surface area contributed by atoms with Crippen LogP contribution in [0.25, 0.3) is 0 Å². The van der Waals surface area contributed by atoms with Crippen molar-refractivity contribution in [3.63, 3.8) is 0 Å².